The van der Waals surface area contributed by atoms with Gasteiger partial charge in [0.05, 0.1) is 5.02 Å². The first kappa shape index (κ1) is 13.5. The predicted octanol–water partition coefficient (Wildman–Crippen LogP) is 4.18. The Labute approximate surface area is 102 Å². The summed E-state index contributed by atoms with van der Waals surface area (Å²) < 4.78 is 13.1. The molecule has 16 heavy (non-hydrogen) atoms. The Hall–Kier alpha value is -0.600. The third-order valence-electron chi connectivity index (χ3n) is 2.58. The molecule has 0 fully saturated rings. The van der Waals surface area contributed by atoms with Crippen LogP contribution in [0.25, 0.3) is 0 Å². The highest BCUT2D eigenvalue weighted by molar-refractivity contribution is 6.30. The summed E-state index contributed by atoms with van der Waals surface area (Å²) in [5.41, 5.74) is 1.05. The van der Waals surface area contributed by atoms with Crippen molar-refractivity contribution in [3.8, 4) is 0 Å². The molecule has 0 aliphatic carbocycles. The summed E-state index contributed by atoms with van der Waals surface area (Å²) in [5.74, 6) is 0.0940. The molecule has 0 bridgehead atoms. The quantitative estimate of drug-likeness (QED) is 0.818. The van der Waals surface area contributed by atoms with E-state index in [1.807, 2.05) is 0 Å². The number of hydrogen-bond donors (Lipinski definition) is 1. The summed E-state index contributed by atoms with van der Waals surface area (Å²) in [7, 11) is 0. The Bertz CT molecular complexity index is 339. The number of nitrogens with one attached hydrogen (secondary N) is 1. The summed E-state index contributed by atoms with van der Waals surface area (Å²) in [6.07, 6.45) is 1.08. The lowest BCUT2D eigenvalue weighted by Gasteiger charge is -2.23. The molecule has 0 saturated heterocycles. The van der Waals surface area contributed by atoms with Crippen molar-refractivity contribution in [1.29, 1.82) is 0 Å². The third kappa shape index (κ3) is 3.46. The lowest BCUT2D eigenvalue weighted by molar-refractivity contribution is 0.412. The van der Waals surface area contributed by atoms with E-state index in [-0.39, 0.29) is 16.9 Å². The molecule has 0 aromatic heterocycles. The fraction of sp³-hybridized carbons (Fsp3) is 0.538. The summed E-state index contributed by atoms with van der Waals surface area (Å²) in [4.78, 5) is 0. The second kappa shape index (κ2) is 6.21. The topological polar surface area (TPSA) is 12.0 Å². The first-order chi connectivity index (χ1) is 7.56. The van der Waals surface area contributed by atoms with E-state index >= 15 is 0 Å². The molecular weight excluding hydrogens is 225 g/mol. The Balaban J connectivity index is 2.88. The summed E-state index contributed by atoms with van der Waals surface area (Å²) >= 11 is 5.79. The average Bonchev–Trinajstić information content (AvgIpc) is 2.23. The van der Waals surface area contributed by atoms with Crippen LogP contribution < -0.4 is 5.32 Å². The minimum atomic E-state index is -0.358. The Morgan fingerprint density at radius 1 is 1.38 bits per heavy atom. The Morgan fingerprint density at radius 2 is 2.06 bits per heavy atom. The number of hydrogen-bond acceptors (Lipinski definition) is 1. The Morgan fingerprint density at radius 3 is 2.56 bits per heavy atom. The predicted molar refractivity (Wildman–Crippen MR) is 67.3 cm³/mol. The molecule has 3 heteroatoms. The molecular formula is C13H19ClFN. The first-order valence-corrected chi connectivity index (χ1v) is 6.12. The van der Waals surface area contributed by atoms with E-state index in [4.69, 9.17) is 11.6 Å². The van der Waals surface area contributed by atoms with E-state index in [1.54, 1.807) is 12.1 Å². The van der Waals surface area contributed by atoms with Crippen LogP contribution in [0.3, 0.4) is 0 Å². The van der Waals surface area contributed by atoms with Crippen LogP contribution in [0.15, 0.2) is 18.2 Å². The van der Waals surface area contributed by atoms with Gasteiger partial charge in [-0.3, -0.25) is 0 Å². The zero-order valence-corrected chi connectivity index (χ0v) is 10.8. The fourth-order valence-corrected chi connectivity index (χ4v) is 1.93. The van der Waals surface area contributed by atoms with Gasteiger partial charge in [0, 0.05) is 6.04 Å². The van der Waals surface area contributed by atoms with Crippen molar-refractivity contribution < 1.29 is 4.39 Å². The second-order valence-corrected chi connectivity index (χ2v) is 4.76. The smallest absolute Gasteiger partial charge is 0.141 e. The Kier molecular flexibility index (Phi) is 5.23. The van der Waals surface area contributed by atoms with Crippen molar-refractivity contribution in [3.05, 3.63) is 34.6 Å². The molecule has 0 aliphatic heterocycles. The monoisotopic (exact) mass is 243 g/mol. The van der Waals surface area contributed by atoms with Gasteiger partial charge in [-0.05, 0) is 36.6 Å². The molecule has 0 amide bonds. The van der Waals surface area contributed by atoms with E-state index in [0.29, 0.717) is 5.92 Å². The standard InChI is InChI=1S/C13H19ClFN/c1-4-7-16-13(9(2)3)10-5-6-12(15)11(14)8-10/h5-6,8-9,13,16H,4,7H2,1-3H3. The molecule has 0 aliphatic rings. The number of halogens is 2. The molecule has 90 valence electrons. The third-order valence-corrected chi connectivity index (χ3v) is 2.87. The van der Waals surface area contributed by atoms with Gasteiger partial charge in [-0.2, -0.15) is 0 Å². The molecule has 1 aromatic carbocycles. The van der Waals surface area contributed by atoms with E-state index in [9.17, 15) is 4.39 Å². The van der Waals surface area contributed by atoms with E-state index in [0.717, 1.165) is 18.5 Å². The first-order valence-electron chi connectivity index (χ1n) is 5.74. The highest BCUT2D eigenvalue weighted by atomic mass is 35.5. The van der Waals surface area contributed by atoms with Gasteiger partial charge >= 0.3 is 0 Å². The van der Waals surface area contributed by atoms with E-state index < -0.39 is 0 Å². The van der Waals surface area contributed by atoms with Gasteiger partial charge in [-0.1, -0.05) is 38.4 Å². The fourth-order valence-electron chi connectivity index (χ4n) is 1.74. The van der Waals surface area contributed by atoms with Crippen molar-refractivity contribution in [1.82, 2.24) is 5.32 Å². The zero-order valence-electron chi connectivity index (χ0n) is 10.1. The molecule has 0 spiro atoms. The van der Waals surface area contributed by atoms with Gasteiger partial charge < -0.3 is 5.32 Å². The van der Waals surface area contributed by atoms with Crippen LogP contribution >= 0.6 is 11.6 Å². The summed E-state index contributed by atoms with van der Waals surface area (Å²) in [6.45, 7) is 7.37. The van der Waals surface area contributed by atoms with Gasteiger partial charge in [0.2, 0.25) is 0 Å². The summed E-state index contributed by atoms with van der Waals surface area (Å²) in [6, 6.07) is 5.18. The van der Waals surface area contributed by atoms with Crippen LogP contribution in [-0.4, -0.2) is 6.54 Å². The molecule has 0 heterocycles. The van der Waals surface area contributed by atoms with Crippen LogP contribution in [0.2, 0.25) is 5.02 Å². The minimum Gasteiger partial charge on any atom is -0.310 e. The van der Waals surface area contributed by atoms with Gasteiger partial charge in [0.15, 0.2) is 0 Å². The molecule has 1 nitrogen and oxygen atoms in total. The maximum Gasteiger partial charge on any atom is 0.141 e. The highest BCUT2D eigenvalue weighted by Crippen LogP contribution is 2.25. The molecule has 1 aromatic rings. The maximum absolute atomic E-state index is 13.1. The van der Waals surface area contributed by atoms with Gasteiger partial charge in [0.1, 0.15) is 5.82 Å². The molecule has 1 N–H and O–H groups in total. The van der Waals surface area contributed by atoms with Crippen LogP contribution in [0.5, 0.6) is 0 Å². The minimum absolute atomic E-state index is 0.196. The van der Waals surface area contributed by atoms with Crippen molar-refractivity contribution in [2.24, 2.45) is 5.92 Å². The van der Waals surface area contributed by atoms with Crippen molar-refractivity contribution in [2.45, 2.75) is 33.2 Å². The van der Waals surface area contributed by atoms with Gasteiger partial charge in [-0.25, -0.2) is 4.39 Å². The van der Waals surface area contributed by atoms with Crippen LogP contribution in [0.4, 0.5) is 4.39 Å². The lowest BCUT2D eigenvalue weighted by atomic mass is 9.96. The van der Waals surface area contributed by atoms with Crippen LogP contribution in [0.1, 0.15) is 38.8 Å². The normalized spacial score (nSPS) is 13.1. The van der Waals surface area contributed by atoms with Crippen molar-refractivity contribution >= 4 is 11.6 Å². The number of benzene rings is 1. The van der Waals surface area contributed by atoms with Crippen LogP contribution in [0, 0.1) is 11.7 Å². The molecule has 1 atom stereocenters. The zero-order chi connectivity index (χ0) is 12.1. The van der Waals surface area contributed by atoms with Crippen molar-refractivity contribution in [3.63, 3.8) is 0 Å². The average molecular weight is 244 g/mol. The van der Waals surface area contributed by atoms with Crippen molar-refractivity contribution in [2.75, 3.05) is 6.54 Å². The van der Waals surface area contributed by atoms with Crippen LogP contribution in [-0.2, 0) is 0 Å². The SMILES string of the molecule is CCCNC(c1ccc(F)c(Cl)c1)C(C)C. The molecule has 0 radical (unpaired) electrons. The van der Waals surface area contributed by atoms with E-state index in [2.05, 4.69) is 26.1 Å². The van der Waals surface area contributed by atoms with E-state index in [1.165, 1.54) is 6.07 Å². The highest BCUT2D eigenvalue weighted by Gasteiger charge is 2.15. The molecule has 1 rings (SSSR count). The molecule has 1 unspecified atom stereocenters. The summed E-state index contributed by atoms with van der Waals surface area (Å²) in [5, 5.41) is 3.65. The lowest BCUT2D eigenvalue weighted by Crippen LogP contribution is -2.26. The number of rotatable bonds is 5. The largest absolute Gasteiger partial charge is 0.310 e. The second-order valence-electron chi connectivity index (χ2n) is 4.35. The molecule has 0 saturated carbocycles. The van der Waals surface area contributed by atoms with Gasteiger partial charge in [0.25, 0.3) is 0 Å². The van der Waals surface area contributed by atoms with Gasteiger partial charge in [-0.15, -0.1) is 0 Å². The maximum atomic E-state index is 13.1.